The summed E-state index contributed by atoms with van der Waals surface area (Å²) in [5.41, 5.74) is 7.77. The number of thiophene rings is 1. The summed E-state index contributed by atoms with van der Waals surface area (Å²) in [5.74, 6) is 0. The fourth-order valence-electron chi connectivity index (χ4n) is 2.49. The molecule has 0 fully saturated rings. The van der Waals surface area contributed by atoms with Crippen LogP contribution < -0.4 is 5.73 Å². The predicted molar refractivity (Wildman–Crippen MR) is 79.8 cm³/mol. The van der Waals surface area contributed by atoms with E-state index >= 15 is 0 Å². The maximum atomic E-state index is 12.7. The predicted octanol–water partition coefficient (Wildman–Crippen LogP) is 2.22. The van der Waals surface area contributed by atoms with E-state index in [2.05, 4.69) is 0 Å². The summed E-state index contributed by atoms with van der Waals surface area (Å²) >= 11 is 1.45. The van der Waals surface area contributed by atoms with Crippen molar-refractivity contribution in [1.82, 2.24) is 4.31 Å². The van der Waals surface area contributed by atoms with Crippen molar-refractivity contribution in [1.29, 1.82) is 0 Å². The van der Waals surface area contributed by atoms with Gasteiger partial charge in [-0.05, 0) is 24.1 Å². The van der Waals surface area contributed by atoms with E-state index in [4.69, 9.17) is 5.73 Å². The first-order chi connectivity index (χ1) is 9.52. The highest BCUT2D eigenvalue weighted by molar-refractivity contribution is 7.89. The normalized spacial score (nSPS) is 15.5. The molecule has 3 rings (SSSR count). The number of sulfonamides is 1. The molecule has 0 spiro atoms. The zero-order valence-corrected chi connectivity index (χ0v) is 12.8. The molecule has 2 heterocycles. The number of rotatable bonds is 3. The van der Waals surface area contributed by atoms with Crippen molar-refractivity contribution < 1.29 is 8.42 Å². The lowest BCUT2D eigenvalue weighted by molar-refractivity contribution is 0.431. The minimum absolute atomic E-state index is 0.376. The third-order valence-corrected chi connectivity index (χ3v) is 6.67. The molecule has 6 heteroatoms. The molecule has 1 aromatic heterocycles. The van der Waals surface area contributed by atoms with Gasteiger partial charge in [0.2, 0.25) is 10.0 Å². The van der Waals surface area contributed by atoms with Gasteiger partial charge in [-0.15, -0.1) is 11.3 Å². The van der Waals surface area contributed by atoms with Crippen LogP contribution in [-0.4, -0.2) is 12.7 Å². The quantitative estimate of drug-likeness (QED) is 0.945. The maximum absolute atomic E-state index is 12.7. The number of aryl methyl sites for hydroxylation is 1. The number of benzene rings is 1. The number of nitrogens with zero attached hydrogens (tertiary/aromatic N) is 1. The Morgan fingerprint density at radius 2 is 1.85 bits per heavy atom. The second kappa shape index (κ2) is 4.96. The van der Waals surface area contributed by atoms with E-state index in [9.17, 15) is 8.42 Å². The first kappa shape index (κ1) is 13.8. The van der Waals surface area contributed by atoms with Crippen LogP contribution >= 0.6 is 11.3 Å². The van der Waals surface area contributed by atoms with E-state index in [1.165, 1.54) is 15.6 Å². The standard InChI is InChI=1S/C14H16N2O2S2/c1-10-14(6-13(7-15)19-10)20(17,18)16-8-11-4-2-3-5-12(11)9-16/h2-6H,7-9,15H2,1H3. The molecule has 0 unspecified atom stereocenters. The fraction of sp³-hybridized carbons (Fsp3) is 0.286. The summed E-state index contributed by atoms with van der Waals surface area (Å²) in [6.45, 7) is 3.11. The highest BCUT2D eigenvalue weighted by Crippen LogP contribution is 2.32. The van der Waals surface area contributed by atoms with E-state index in [1.54, 1.807) is 6.07 Å². The van der Waals surface area contributed by atoms with Crippen molar-refractivity contribution >= 4 is 21.4 Å². The first-order valence-corrected chi connectivity index (χ1v) is 8.64. The second-order valence-electron chi connectivity index (χ2n) is 4.88. The van der Waals surface area contributed by atoms with Crippen LogP contribution in [0.4, 0.5) is 0 Å². The molecule has 20 heavy (non-hydrogen) atoms. The summed E-state index contributed by atoms with van der Waals surface area (Å²) in [4.78, 5) is 2.11. The van der Waals surface area contributed by atoms with Crippen molar-refractivity contribution in [3.05, 3.63) is 51.2 Å². The van der Waals surface area contributed by atoms with Crippen LogP contribution in [0.5, 0.6) is 0 Å². The van der Waals surface area contributed by atoms with Crippen molar-refractivity contribution in [2.75, 3.05) is 0 Å². The fourth-order valence-corrected chi connectivity index (χ4v) is 5.37. The molecule has 106 valence electrons. The van der Waals surface area contributed by atoms with Gasteiger partial charge in [-0.1, -0.05) is 24.3 Å². The molecule has 2 N–H and O–H groups in total. The largest absolute Gasteiger partial charge is 0.326 e. The zero-order valence-electron chi connectivity index (χ0n) is 11.2. The van der Waals surface area contributed by atoms with E-state index < -0.39 is 10.0 Å². The van der Waals surface area contributed by atoms with E-state index in [0.29, 0.717) is 24.5 Å². The van der Waals surface area contributed by atoms with Crippen LogP contribution in [0.15, 0.2) is 35.2 Å². The number of hydrogen-bond donors (Lipinski definition) is 1. The van der Waals surface area contributed by atoms with Gasteiger partial charge in [0.05, 0.1) is 4.90 Å². The lowest BCUT2D eigenvalue weighted by atomic mass is 10.1. The molecule has 0 radical (unpaired) electrons. The van der Waals surface area contributed by atoms with Gasteiger partial charge in [-0.2, -0.15) is 4.31 Å². The average molecular weight is 308 g/mol. The summed E-state index contributed by atoms with van der Waals surface area (Å²) < 4.78 is 27.0. The molecule has 2 aromatic rings. The Labute approximate surface area is 122 Å². The number of hydrogen-bond acceptors (Lipinski definition) is 4. The van der Waals surface area contributed by atoms with Crippen LogP contribution in [0.25, 0.3) is 0 Å². The SMILES string of the molecule is Cc1sc(CN)cc1S(=O)(=O)N1Cc2ccccc2C1. The van der Waals surface area contributed by atoms with Crippen LogP contribution in [0, 0.1) is 6.92 Å². The Morgan fingerprint density at radius 1 is 1.25 bits per heavy atom. The summed E-state index contributed by atoms with van der Waals surface area (Å²) in [5, 5.41) is 0. The zero-order chi connectivity index (χ0) is 14.3. The maximum Gasteiger partial charge on any atom is 0.244 e. The number of nitrogens with two attached hydrogens (primary N) is 1. The molecule has 4 nitrogen and oxygen atoms in total. The van der Waals surface area contributed by atoms with E-state index in [-0.39, 0.29) is 0 Å². The van der Waals surface area contributed by atoms with Crippen LogP contribution in [0.3, 0.4) is 0 Å². The average Bonchev–Trinajstić information content (AvgIpc) is 3.02. The topological polar surface area (TPSA) is 63.4 Å². The second-order valence-corrected chi connectivity index (χ2v) is 8.13. The molecule has 1 aromatic carbocycles. The van der Waals surface area contributed by atoms with Crippen molar-refractivity contribution in [3.8, 4) is 0 Å². The van der Waals surface area contributed by atoms with Gasteiger partial charge in [0.1, 0.15) is 0 Å². The first-order valence-electron chi connectivity index (χ1n) is 6.38. The van der Waals surface area contributed by atoms with Crippen molar-refractivity contribution in [2.45, 2.75) is 31.5 Å². The summed E-state index contributed by atoms with van der Waals surface area (Å²) in [6, 6.07) is 9.56. The molecular weight excluding hydrogens is 292 g/mol. The third kappa shape index (κ3) is 2.18. The Hall–Kier alpha value is -1.21. The molecule has 0 aliphatic carbocycles. The molecule has 1 aliphatic heterocycles. The van der Waals surface area contributed by atoms with Crippen LogP contribution in [0.1, 0.15) is 20.9 Å². The summed E-state index contributed by atoms with van der Waals surface area (Å²) in [7, 11) is -3.44. The highest BCUT2D eigenvalue weighted by atomic mass is 32.2. The summed E-state index contributed by atoms with van der Waals surface area (Å²) in [6.07, 6.45) is 0. The molecular formula is C14H16N2O2S2. The van der Waals surface area contributed by atoms with E-state index in [1.807, 2.05) is 31.2 Å². The van der Waals surface area contributed by atoms with Gasteiger partial charge in [0.15, 0.2) is 0 Å². The van der Waals surface area contributed by atoms with Gasteiger partial charge < -0.3 is 5.73 Å². The Bertz CT molecular complexity index is 725. The Kier molecular flexibility index (Phi) is 3.41. The minimum Gasteiger partial charge on any atom is -0.326 e. The monoisotopic (exact) mass is 308 g/mol. The highest BCUT2D eigenvalue weighted by Gasteiger charge is 2.32. The Morgan fingerprint density at radius 3 is 2.35 bits per heavy atom. The van der Waals surface area contributed by atoms with Gasteiger partial charge in [0.25, 0.3) is 0 Å². The lowest BCUT2D eigenvalue weighted by Gasteiger charge is -2.15. The van der Waals surface area contributed by atoms with Gasteiger partial charge in [-0.25, -0.2) is 8.42 Å². The van der Waals surface area contributed by atoms with Crippen LogP contribution in [-0.2, 0) is 29.7 Å². The third-order valence-electron chi connectivity index (χ3n) is 3.55. The minimum atomic E-state index is -3.44. The Balaban J connectivity index is 1.96. The van der Waals surface area contributed by atoms with E-state index in [0.717, 1.165) is 20.9 Å². The van der Waals surface area contributed by atoms with Gasteiger partial charge >= 0.3 is 0 Å². The van der Waals surface area contributed by atoms with Crippen LogP contribution in [0.2, 0.25) is 0 Å². The molecule has 0 bridgehead atoms. The number of fused-ring (bicyclic) bond motifs is 1. The molecule has 1 aliphatic rings. The smallest absolute Gasteiger partial charge is 0.244 e. The van der Waals surface area contributed by atoms with Gasteiger partial charge in [-0.3, -0.25) is 0 Å². The molecule has 0 saturated carbocycles. The molecule has 0 saturated heterocycles. The van der Waals surface area contributed by atoms with Crippen molar-refractivity contribution in [3.63, 3.8) is 0 Å². The van der Waals surface area contributed by atoms with Gasteiger partial charge in [0, 0.05) is 29.4 Å². The molecule has 0 atom stereocenters. The lowest BCUT2D eigenvalue weighted by Crippen LogP contribution is -2.25. The van der Waals surface area contributed by atoms with Crippen molar-refractivity contribution in [2.24, 2.45) is 5.73 Å². The molecule has 0 amide bonds.